The van der Waals surface area contributed by atoms with Crippen LogP contribution >= 0.6 is 0 Å². The van der Waals surface area contributed by atoms with Crippen LogP contribution in [-0.4, -0.2) is 68.3 Å². The summed E-state index contributed by atoms with van der Waals surface area (Å²) in [7, 11) is 2.01. The van der Waals surface area contributed by atoms with Crippen molar-refractivity contribution in [3.63, 3.8) is 0 Å². The Morgan fingerprint density at radius 3 is 2.68 bits per heavy atom. The number of carbonyl (C=O) groups is 2. The summed E-state index contributed by atoms with van der Waals surface area (Å²) in [5, 5.41) is 2.24. The third kappa shape index (κ3) is 3.62. The third-order valence-corrected chi connectivity index (χ3v) is 7.09. The molecule has 2 aromatic heterocycles. The fraction of sp³-hybridized carbons (Fsp3) is 0.296. The lowest BCUT2D eigenvalue weighted by Gasteiger charge is -2.46. The van der Waals surface area contributed by atoms with Gasteiger partial charge in [-0.15, -0.1) is 0 Å². The van der Waals surface area contributed by atoms with Crippen LogP contribution in [0.3, 0.4) is 0 Å². The number of pyridine rings is 1. The zero-order valence-electron chi connectivity index (χ0n) is 19.2. The first-order valence-corrected chi connectivity index (χ1v) is 11.7. The minimum Gasteiger partial charge on any atom is -0.350 e. The molecule has 2 aliphatic heterocycles. The van der Waals surface area contributed by atoms with Crippen molar-refractivity contribution in [1.29, 1.82) is 0 Å². The molecule has 0 radical (unpaired) electrons. The van der Waals surface area contributed by atoms with Gasteiger partial charge in [-0.3, -0.25) is 19.5 Å². The topological polar surface area (TPSA) is 61.7 Å². The van der Waals surface area contributed by atoms with E-state index < -0.39 is 6.04 Å². The van der Waals surface area contributed by atoms with Crippen LogP contribution < -0.4 is 0 Å². The second kappa shape index (κ2) is 8.25. The lowest BCUT2D eigenvalue weighted by atomic mass is 10.0. The molecule has 0 spiro atoms. The summed E-state index contributed by atoms with van der Waals surface area (Å²) < 4.78 is 2.08. The zero-order chi connectivity index (χ0) is 23.2. The number of fused-ring (bicyclic) bond motifs is 3. The van der Waals surface area contributed by atoms with Crippen molar-refractivity contribution in [3.8, 4) is 0 Å². The van der Waals surface area contributed by atoms with Crippen molar-refractivity contribution < 1.29 is 9.59 Å². The maximum atomic E-state index is 13.5. The average Bonchev–Trinajstić information content (AvgIpc) is 3.17. The monoisotopic (exact) mass is 453 g/mol. The lowest BCUT2D eigenvalue weighted by molar-refractivity contribution is -0.160. The minimum absolute atomic E-state index is 0.0312. The molecule has 7 heteroatoms. The number of hydrogen-bond donors (Lipinski definition) is 0. The maximum Gasteiger partial charge on any atom is 0.247 e. The highest BCUT2D eigenvalue weighted by atomic mass is 16.2. The molecule has 0 N–H and O–H groups in total. The van der Waals surface area contributed by atoms with Crippen molar-refractivity contribution in [2.75, 3.05) is 26.2 Å². The highest BCUT2D eigenvalue weighted by molar-refractivity contribution is 5.95. The number of aryl methyl sites for hydroxylation is 1. The fourth-order valence-corrected chi connectivity index (χ4v) is 5.35. The molecular formula is C27H27N5O2. The number of rotatable bonds is 4. The van der Waals surface area contributed by atoms with Crippen LogP contribution in [0.1, 0.15) is 11.3 Å². The molecule has 0 aliphatic carbocycles. The molecule has 7 nitrogen and oxygen atoms in total. The quantitative estimate of drug-likeness (QED) is 0.477. The van der Waals surface area contributed by atoms with Crippen molar-refractivity contribution in [1.82, 2.24) is 24.3 Å². The van der Waals surface area contributed by atoms with Gasteiger partial charge in [-0.25, -0.2) is 0 Å². The molecule has 2 fully saturated rings. The summed E-state index contributed by atoms with van der Waals surface area (Å²) in [6, 6.07) is 20.0. The smallest absolute Gasteiger partial charge is 0.247 e. The Balaban J connectivity index is 1.20. The van der Waals surface area contributed by atoms with Crippen LogP contribution in [0.25, 0.3) is 21.8 Å². The number of benzene rings is 2. The van der Waals surface area contributed by atoms with Gasteiger partial charge >= 0.3 is 0 Å². The molecule has 4 heterocycles. The molecule has 172 valence electrons. The van der Waals surface area contributed by atoms with E-state index >= 15 is 0 Å². The van der Waals surface area contributed by atoms with E-state index in [9.17, 15) is 9.59 Å². The number of aromatic nitrogens is 2. The number of amides is 2. The van der Waals surface area contributed by atoms with Crippen LogP contribution in [0.15, 0.2) is 66.9 Å². The third-order valence-electron chi connectivity index (χ3n) is 7.09. The van der Waals surface area contributed by atoms with Gasteiger partial charge in [0, 0.05) is 62.3 Å². The van der Waals surface area contributed by atoms with E-state index in [1.54, 1.807) is 9.80 Å². The molecule has 2 aliphatic rings. The van der Waals surface area contributed by atoms with Crippen LogP contribution in [0.4, 0.5) is 0 Å². The Morgan fingerprint density at radius 1 is 0.941 bits per heavy atom. The van der Waals surface area contributed by atoms with Gasteiger partial charge in [0.2, 0.25) is 11.8 Å². The van der Waals surface area contributed by atoms with Crippen LogP contribution in [-0.2, 0) is 29.7 Å². The van der Waals surface area contributed by atoms with Crippen molar-refractivity contribution >= 4 is 33.6 Å². The first-order chi connectivity index (χ1) is 16.6. The predicted octanol–water partition coefficient (Wildman–Crippen LogP) is 2.78. The van der Waals surface area contributed by atoms with Gasteiger partial charge in [0.1, 0.15) is 12.6 Å². The predicted molar refractivity (Wildman–Crippen MR) is 131 cm³/mol. The van der Waals surface area contributed by atoms with Crippen LogP contribution in [0, 0.1) is 0 Å². The van der Waals surface area contributed by atoms with Crippen molar-refractivity contribution in [2.45, 2.75) is 19.1 Å². The van der Waals surface area contributed by atoms with Gasteiger partial charge < -0.3 is 14.4 Å². The second-order valence-electron chi connectivity index (χ2n) is 9.31. The van der Waals surface area contributed by atoms with Crippen molar-refractivity contribution in [2.24, 2.45) is 7.05 Å². The molecule has 0 bridgehead atoms. The Morgan fingerprint density at radius 2 is 1.76 bits per heavy atom. The molecule has 34 heavy (non-hydrogen) atoms. The highest BCUT2D eigenvalue weighted by Gasteiger charge is 2.42. The first-order valence-electron chi connectivity index (χ1n) is 11.7. The summed E-state index contributed by atoms with van der Waals surface area (Å²) in [6.07, 6.45) is 2.06. The second-order valence-corrected chi connectivity index (χ2v) is 9.31. The van der Waals surface area contributed by atoms with E-state index in [4.69, 9.17) is 4.98 Å². The van der Waals surface area contributed by atoms with E-state index in [1.165, 1.54) is 0 Å². The fourth-order valence-electron chi connectivity index (χ4n) is 5.35. The maximum absolute atomic E-state index is 13.5. The van der Waals surface area contributed by atoms with E-state index in [1.807, 2.05) is 37.4 Å². The van der Waals surface area contributed by atoms with Gasteiger partial charge in [0.25, 0.3) is 0 Å². The zero-order valence-corrected chi connectivity index (χ0v) is 19.2. The number of para-hydroxylation sites is 2. The summed E-state index contributed by atoms with van der Waals surface area (Å²) in [5.41, 5.74) is 4.15. The molecule has 1 atom stereocenters. The molecule has 1 unspecified atom stereocenters. The summed E-state index contributed by atoms with van der Waals surface area (Å²) in [5.74, 6) is 0.0667. The average molecular weight is 454 g/mol. The van der Waals surface area contributed by atoms with Crippen LogP contribution in [0.5, 0.6) is 0 Å². The van der Waals surface area contributed by atoms with Crippen LogP contribution in [0.2, 0.25) is 0 Å². The summed E-state index contributed by atoms with van der Waals surface area (Å²) in [4.78, 5) is 37.0. The van der Waals surface area contributed by atoms with E-state index in [-0.39, 0.29) is 18.4 Å². The standard InChI is InChI=1S/C27H27N5O2/c1-29-14-20(22-7-3-5-9-24(22)29)15-31-18-26(33)32-13-12-30(17-25(32)27(31)34)16-21-11-10-19-6-2-4-8-23(19)28-21/h2-11,14,25H,12-13,15-18H2,1H3. The lowest BCUT2D eigenvalue weighted by Crippen LogP contribution is -2.66. The summed E-state index contributed by atoms with van der Waals surface area (Å²) in [6.45, 7) is 3.11. The van der Waals surface area contributed by atoms with Gasteiger partial charge in [0.05, 0.1) is 11.2 Å². The molecule has 2 saturated heterocycles. The Bertz CT molecular complexity index is 1410. The first kappa shape index (κ1) is 20.9. The SMILES string of the molecule is Cn1cc(CN2CC(=O)N3CCN(Cc4ccc5ccccc5n4)CC3C2=O)c2ccccc21. The number of nitrogens with zero attached hydrogens (tertiary/aromatic N) is 5. The van der Waals surface area contributed by atoms with E-state index in [2.05, 4.69) is 46.0 Å². The highest BCUT2D eigenvalue weighted by Crippen LogP contribution is 2.25. The van der Waals surface area contributed by atoms with Crippen molar-refractivity contribution in [3.05, 3.63) is 78.1 Å². The molecule has 2 amide bonds. The molecule has 4 aromatic rings. The van der Waals surface area contributed by atoms with Gasteiger partial charge in [-0.05, 0) is 23.8 Å². The van der Waals surface area contributed by atoms with Gasteiger partial charge in [-0.2, -0.15) is 0 Å². The van der Waals surface area contributed by atoms with Gasteiger partial charge in [-0.1, -0.05) is 42.5 Å². The molecule has 6 rings (SSSR count). The molecular weight excluding hydrogens is 426 g/mol. The van der Waals surface area contributed by atoms with E-state index in [0.717, 1.165) is 39.6 Å². The Hall–Kier alpha value is -3.71. The number of carbonyl (C=O) groups excluding carboxylic acids is 2. The molecule has 0 saturated carbocycles. The van der Waals surface area contributed by atoms with Gasteiger partial charge in [0.15, 0.2) is 0 Å². The van der Waals surface area contributed by atoms with E-state index in [0.29, 0.717) is 26.2 Å². The molecule has 2 aromatic carbocycles. The number of piperazine rings is 2. The minimum atomic E-state index is -0.439. The summed E-state index contributed by atoms with van der Waals surface area (Å²) >= 11 is 0. The largest absolute Gasteiger partial charge is 0.350 e. The number of hydrogen-bond acceptors (Lipinski definition) is 4. The normalized spacial score (nSPS) is 19.3. The Kier molecular flexibility index (Phi) is 5.07. The Labute approximate surface area is 198 Å².